The Kier molecular flexibility index (Phi) is 17.8. The van der Waals surface area contributed by atoms with Crippen molar-refractivity contribution in [3.05, 3.63) is 145 Å². The van der Waals surface area contributed by atoms with Gasteiger partial charge in [0, 0.05) is 37.6 Å². The summed E-state index contributed by atoms with van der Waals surface area (Å²) in [4.78, 5) is 33.7. The minimum Gasteiger partial charge on any atom is -0.671 e. The second-order valence-electron chi connectivity index (χ2n) is 5.54. The van der Waals surface area contributed by atoms with Crippen LogP contribution in [-0.2, 0) is 35.8 Å². The van der Waals surface area contributed by atoms with Gasteiger partial charge >= 0.3 is 26.2 Å². The van der Waals surface area contributed by atoms with Gasteiger partial charge in [-0.1, -0.05) is 24.3 Å². The SMILES string of the molecule is [NH-]C=O.[NH-]C=O.[Zr+4].c1ccc([CH-]c2ccccn2)nc1.c1ccc([CH-]c2ccccn2)nc1. The normalized spacial score (nSPS) is 8.24. The molecule has 2 amide bonds. The van der Waals surface area contributed by atoms with Gasteiger partial charge in [-0.3, -0.25) is 19.9 Å². The molecule has 0 aliphatic heterocycles. The fourth-order valence-electron chi connectivity index (χ4n) is 2.15. The van der Waals surface area contributed by atoms with Crippen LogP contribution in [0.4, 0.5) is 0 Å². The Balaban J connectivity index is 0.000000491. The zero-order valence-electron chi connectivity index (χ0n) is 17.7. The summed E-state index contributed by atoms with van der Waals surface area (Å²) in [5.74, 6) is 0. The molecule has 0 radical (unpaired) electrons. The Morgan fingerprint density at radius 3 is 0.879 bits per heavy atom. The fourth-order valence-corrected chi connectivity index (χ4v) is 2.15. The number of carbonyl (C=O) groups is 2. The summed E-state index contributed by atoms with van der Waals surface area (Å²) >= 11 is 0. The quantitative estimate of drug-likeness (QED) is 0.288. The number of hydrogen-bond acceptors (Lipinski definition) is 6. The summed E-state index contributed by atoms with van der Waals surface area (Å²) in [7, 11) is 0. The molecule has 0 aromatic carbocycles. The molecule has 4 heterocycles. The maximum Gasteiger partial charge on any atom is 4.00 e. The third-order valence-corrected chi connectivity index (χ3v) is 3.34. The van der Waals surface area contributed by atoms with E-state index in [0.717, 1.165) is 22.8 Å². The van der Waals surface area contributed by atoms with Crippen LogP contribution in [0.15, 0.2) is 97.6 Å². The number of nitrogens with zero attached hydrogens (tertiary/aromatic N) is 4. The molecule has 0 bridgehead atoms. The predicted octanol–water partition coefficient (Wildman–Crippen LogP) is 4.54. The van der Waals surface area contributed by atoms with Gasteiger partial charge in [0.2, 0.25) is 0 Å². The molecule has 0 aliphatic rings. The third kappa shape index (κ3) is 14.7. The van der Waals surface area contributed by atoms with Crippen molar-refractivity contribution in [3.8, 4) is 0 Å². The van der Waals surface area contributed by atoms with Crippen LogP contribution in [0.1, 0.15) is 22.8 Å². The molecular formula is C24H22N6O2Zr. The summed E-state index contributed by atoms with van der Waals surface area (Å²) < 4.78 is 0. The first kappa shape index (κ1) is 29.2. The van der Waals surface area contributed by atoms with Gasteiger partial charge in [0.05, 0.1) is 0 Å². The van der Waals surface area contributed by atoms with Gasteiger partial charge in [0.25, 0.3) is 0 Å². The molecule has 0 saturated carbocycles. The molecule has 4 aromatic rings. The van der Waals surface area contributed by atoms with E-state index in [-0.39, 0.29) is 39.0 Å². The van der Waals surface area contributed by atoms with Gasteiger partial charge in [-0.2, -0.15) is 0 Å². The zero-order chi connectivity index (χ0) is 23.3. The van der Waals surface area contributed by atoms with E-state index in [1.165, 1.54) is 0 Å². The van der Waals surface area contributed by atoms with E-state index in [0.29, 0.717) is 0 Å². The van der Waals surface area contributed by atoms with Crippen molar-refractivity contribution < 1.29 is 35.8 Å². The molecule has 4 rings (SSSR count). The van der Waals surface area contributed by atoms with Gasteiger partial charge in [0.1, 0.15) is 0 Å². The number of amides is 2. The van der Waals surface area contributed by atoms with Gasteiger partial charge in [-0.05, 0) is 22.8 Å². The molecule has 0 spiro atoms. The summed E-state index contributed by atoms with van der Waals surface area (Å²) in [6.07, 6.45) is 11.0. The van der Waals surface area contributed by atoms with Crippen LogP contribution in [0, 0.1) is 12.8 Å². The molecule has 33 heavy (non-hydrogen) atoms. The van der Waals surface area contributed by atoms with Crippen LogP contribution in [0.5, 0.6) is 0 Å². The standard InChI is InChI=1S/2C11H9N2.2CH3NO.Zr/c2*1-3-7-12-10(5-1)9-11-6-2-4-8-13-11;2*2-1-3;/h2*1-9H;2*1H,(H2,2,3);/q2*-1;;;+4/p-2. The minimum atomic E-state index is 0. The first-order chi connectivity index (χ1) is 15.7. The molecule has 0 unspecified atom stereocenters. The largest absolute Gasteiger partial charge is 4.00 e. The van der Waals surface area contributed by atoms with Crippen molar-refractivity contribution >= 4 is 12.8 Å². The molecule has 0 saturated heterocycles. The molecule has 9 heteroatoms. The fraction of sp³-hybridized carbons (Fsp3) is 0. The van der Waals surface area contributed by atoms with Gasteiger partial charge in [-0.15, -0.1) is 61.4 Å². The third-order valence-electron chi connectivity index (χ3n) is 3.34. The Hall–Kier alpha value is -3.84. The number of pyridine rings is 4. The summed E-state index contributed by atoms with van der Waals surface area (Å²) in [5, 5.41) is 0. The number of hydrogen-bond donors (Lipinski definition) is 0. The van der Waals surface area contributed by atoms with Crippen molar-refractivity contribution in [3.63, 3.8) is 0 Å². The molecule has 4 aromatic heterocycles. The van der Waals surface area contributed by atoms with E-state index in [1.54, 1.807) is 24.8 Å². The van der Waals surface area contributed by atoms with Gasteiger partial charge < -0.3 is 21.1 Å². The monoisotopic (exact) mass is 516 g/mol. The number of nitrogens with one attached hydrogen (secondary N) is 2. The van der Waals surface area contributed by atoms with Crippen LogP contribution in [-0.4, -0.2) is 32.8 Å². The van der Waals surface area contributed by atoms with E-state index >= 15 is 0 Å². The molecule has 2 N–H and O–H groups in total. The van der Waals surface area contributed by atoms with E-state index in [2.05, 4.69) is 19.9 Å². The average molecular weight is 518 g/mol. The van der Waals surface area contributed by atoms with Crippen LogP contribution < -0.4 is 0 Å². The summed E-state index contributed by atoms with van der Waals surface area (Å²) in [6, 6.07) is 23.2. The van der Waals surface area contributed by atoms with Crippen molar-refractivity contribution in [1.82, 2.24) is 19.9 Å². The van der Waals surface area contributed by atoms with Crippen molar-refractivity contribution in [2.24, 2.45) is 0 Å². The van der Waals surface area contributed by atoms with Crippen molar-refractivity contribution in [2.75, 3.05) is 0 Å². The smallest absolute Gasteiger partial charge is 0.671 e. The van der Waals surface area contributed by atoms with Crippen molar-refractivity contribution in [2.45, 2.75) is 0 Å². The molecule has 164 valence electrons. The maximum atomic E-state index is 8.47. The van der Waals surface area contributed by atoms with Gasteiger partial charge in [0.15, 0.2) is 0 Å². The van der Waals surface area contributed by atoms with Crippen LogP contribution in [0.2, 0.25) is 0 Å². The first-order valence-electron chi connectivity index (χ1n) is 9.29. The topological polar surface area (TPSA) is 133 Å². The molecule has 8 nitrogen and oxygen atoms in total. The molecule has 0 aliphatic carbocycles. The maximum absolute atomic E-state index is 8.47. The molecule has 0 fully saturated rings. The van der Waals surface area contributed by atoms with E-state index in [4.69, 9.17) is 21.1 Å². The Morgan fingerprint density at radius 2 is 0.727 bits per heavy atom. The summed E-state index contributed by atoms with van der Waals surface area (Å²) in [5.41, 5.74) is 14.8. The summed E-state index contributed by atoms with van der Waals surface area (Å²) in [6.45, 7) is 0. The second kappa shape index (κ2) is 20.1. The Morgan fingerprint density at radius 1 is 0.515 bits per heavy atom. The van der Waals surface area contributed by atoms with Crippen LogP contribution >= 0.6 is 0 Å². The van der Waals surface area contributed by atoms with E-state index < -0.39 is 0 Å². The molecular weight excluding hydrogens is 496 g/mol. The van der Waals surface area contributed by atoms with E-state index in [1.807, 2.05) is 85.6 Å². The first-order valence-corrected chi connectivity index (χ1v) is 9.29. The van der Waals surface area contributed by atoms with Crippen LogP contribution in [0.25, 0.3) is 11.5 Å². The van der Waals surface area contributed by atoms with Crippen molar-refractivity contribution in [1.29, 1.82) is 0 Å². The van der Waals surface area contributed by atoms with Gasteiger partial charge in [-0.25, -0.2) is 0 Å². The zero-order valence-corrected chi connectivity index (χ0v) is 20.1. The number of aromatic nitrogens is 4. The second-order valence-corrected chi connectivity index (χ2v) is 5.54. The average Bonchev–Trinajstić information content (AvgIpc) is 2.83. The van der Waals surface area contributed by atoms with E-state index in [9.17, 15) is 0 Å². The Labute approximate surface area is 212 Å². The Bertz CT molecular complexity index is 821. The minimum absolute atomic E-state index is 0. The number of rotatable bonds is 4. The molecule has 0 atom stereocenters. The number of carbonyl (C=O) groups excluding carboxylic acids is 2. The van der Waals surface area contributed by atoms with Crippen LogP contribution in [0.3, 0.4) is 0 Å². The predicted molar refractivity (Wildman–Crippen MR) is 123 cm³/mol.